The van der Waals surface area contributed by atoms with Crippen LogP contribution in [0.15, 0.2) is 90.1 Å². The highest BCUT2D eigenvalue weighted by Crippen LogP contribution is 2.62. The highest BCUT2D eigenvalue weighted by Gasteiger charge is 2.65. The molecular formula is C48H61N3O12. The van der Waals surface area contributed by atoms with Crippen molar-refractivity contribution < 1.29 is 53.6 Å². The fourth-order valence-electron chi connectivity index (χ4n) is 9.35. The molecule has 3 aliphatic rings. The zero-order valence-electron chi connectivity index (χ0n) is 36.5. The van der Waals surface area contributed by atoms with Gasteiger partial charge in [0, 0.05) is 49.8 Å². The molecule has 0 saturated heterocycles. The minimum atomic E-state index is -1.53. The number of aliphatic hydroxyl groups is 3. The van der Waals surface area contributed by atoms with Crippen LogP contribution in [-0.4, -0.2) is 102 Å². The number of unbranched alkanes of at least 4 members (excludes halogenated alkanes) is 2. The lowest BCUT2D eigenvalue weighted by atomic mass is 9.55. The molecule has 15 nitrogen and oxygen atoms in total. The van der Waals surface area contributed by atoms with Gasteiger partial charge in [-0.3, -0.25) is 15.0 Å². The highest BCUT2D eigenvalue weighted by atomic mass is 16.7. The standard InChI is InChI=1S/C48H61N3O12/c1-5-24-60-48-44(50(47(55)58-4)20-25-59-26-23-54)30-42(49-61-31-34-13-15-36(16-14-34)51(56)57)40-28-35(10-6-8-21-52)39(11-7-9-22-53)45(46(40)48)41-29-38(18-19-43(41)63-48)62-37-17-12-32(2)33(3)27-37/h5,12-19,27-29,35,39,44-46,52-54H,1,6-11,20-26,30-31H2,2-4H3/t35-,39+,44-,45+,46+,48+/m0/s1. The number of benzene rings is 3. The van der Waals surface area contributed by atoms with Crippen LogP contribution in [0.5, 0.6) is 17.2 Å². The molecule has 1 amide bonds. The number of oxime groups is 1. The number of carbonyl (C=O) groups is 1. The molecule has 3 N–H and O–H groups in total. The number of nitro benzene ring substituents is 1. The van der Waals surface area contributed by atoms with Crippen LogP contribution >= 0.6 is 0 Å². The second kappa shape index (κ2) is 22.3. The van der Waals surface area contributed by atoms with E-state index in [9.17, 15) is 30.2 Å². The summed E-state index contributed by atoms with van der Waals surface area (Å²) in [6.45, 7) is 8.30. The van der Waals surface area contributed by atoms with Gasteiger partial charge in [0.2, 0.25) is 5.79 Å². The third-order valence-electron chi connectivity index (χ3n) is 12.4. The number of aliphatic hydroxyl groups excluding tert-OH is 3. The molecule has 1 heterocycles. The average Bonchev–Trinajstić information content (AvgIpc) is 3.28. The lowest BCUT2D eigenvalue weighted by Crippen LogP contribution is -2.70. The fourth-order valence-corrected chi connectivity index (χ4v) is 9.35. The van der Waals surface area contributed by atoms with Crippen molar-refractivity contribution in [2.45, 2.75) is 83.1 Å². The third-order valence-corrected chi connectivity index (χ3v) is 12.4. The van der Waals surface area contributed by atoms with Crippen molar-refractivity contribution in [3.8, 4) is 17.2 Å². The first-order valence-corrected chi connectivity index (χ1v) is 21.8. The van der Waals surface area contributed by atoms with Gasteiger partial charge in [-0.05, 0) is 116 Å². The van der Waals surface area contributed by atoms with Gasteiger partial charge in [-0.2, -0.15) is 0 Å². The van der Waals surface area contributed by atoms with Crippen LogP contribution in [0, 0.1) is 41.7 Å². The number of carbonyl (C=O) groups excluding carboxylic acids is 1. The van der Waals surface area contributed by atoms with E-state index in [0.717, 1.165) is 47.9 Å². The molecule has 340 valence electrons. The van der Waals surface area contributed by atoms with E-state index in [2.05, 4.69) is 19.6 Å². The van der Waals surface area contributed by atoms with Crippen LogP contribution in [0.1, 0.15) is 73.1 Å². The van der Waals surface area contributed by atoms with Crippen molar-refractivity contribution in [2.75, 3.05) is 53.3 Å². The Morgan fingerprint density at radius 3 is 2.38 bits per heavy atom. The van der Waals surface area contributed by atoms with Crippen molar-refractivity contribution in [2.24, 2.45) is 22.9 Å². The molecule has 0 radical (unpaired) electrons. The predicted octanol–water partition coefficient (Wildman–Crippen LogP) is 7.92. The van der Waals surface area contributed by atoms with Gasteiger partial charge in [0.25, 0.3) is 5.69 Å². The molecule has 15 heteroatoms. The molecule has 1 saturated carbocycles. The van der Waals surface area contributed by atoms with Gasteiger partial charge in [-0.25, -0.2) is 4.79 Å². The number of hydrogen-bond donors (Lipinski definition) is 3. The molecule has 2 aliphatic carbocycles. The molecule has 3 aromatic rings. The van der Waals surface area contributed by atoms with Crippen LogP contribution in [0.25, 0.3) is 0 Å². The summed E-state index contributed by atoms with van der Waals surface area (Å²) in [7, 11) is 1.31. The van der Waals surface area contributed by atoms with Crippen LogP contribution < -0.4 is 9.47 Å². The van der Waals surface area contributed by atoms with Gasteiger partial charge >= 0.3 is 6.09 Å². The summed E-state index contributed by atoms with van der Waals surface area (Å²) < 4.78 is 31.9. The molecule has 0 bridgehead atoms. The van der Waals surface area contributed by atoms with Crippen LogP contribution in [0.4, 0.5) is 10.5 Å². The monoisotopic (exact) mass is 871 g/mol. The SMILES string of the molecule is C=CCO[C@@]12Oc3ccc(Oc4ccc(C)c(C)c4)cc3[C@H]3[C@H](CCCCO)[C@@H](CCCCO)C=C(C(=NOCc4ccc([N+](=O)[O-])cc4)C[C@@H]1N(CCOCCO)C(=O)OC)[C@H]32. The number of non-ortho nitro benzene ring substituents is 1. The quantitative estimate of drug-likeness (QED) is 0.0362. The number of methoxy groups -OCH3 is 1. The van der Waals surface area contributed by atoms with Gasteiger partial charge in [0.1, 0.15) is 29.9 Å². The summed E-state index contributed by atoms with van der Waals surface area (Å²) in [5.41, 5.74) is 5.18. The summed E-state index contributed by atoms with van der Waals surface area (Å²) in [6, 6.07) is 17.0. The predicted molar refractivity (Wildman–Crippen MR) is 236 cm³/mol. The molecule has 0 unspecified atom stereocenters. The van der Waals surface area contributed by atoms with Crippen LogP contribution in [-0.2, 0) is 25.7 Å². The Bertz CT molecular complexity index is 2090. The van der Waals surface area contributed by atoms with Gasteiger partial charge < -0.3 is 43.8 Å². The van der Waals surface area contributed by atoms with E-state index in [1.165, 1.54) is 24.1 Å². The van der Waals surface area contributed by atoms with E-state index >= 15 is 0 Å². The van der Waals surface area contributed by atoms with E-state index in [1.807, 2.05) is 43.3 Å². The first-order chi connectivity index (χ1) is 30.6. The van der Waals surface area contributed by atoms with E-state index in [4.69, 9.17) is 33.7 Å². The first kappa shape index (κ1) is 47.2. The number of aryl methyl sites for hydroxylation is 2. The first-order valence-electron chi connectivity index (χ1n) is 21.8. The summed E-state index contributed by atoms with van der Waals surface area (Å²) in [4.78, 5) is 32.5. The number of allylic oxidation sites excluding steroid dienone is 1. The van der Waals surface area contributed by atoms with Crippen LogP contribution in [0.2, 0.25) is 0 Å². The highest BCUT2D eigenvalue weighted by molar-refractivity contribution is 6.03. The molecule has 0 spiro atoms. The lowest BCUT2D eigenvalue weighted by Gasteiger charge is -2.59. The summed E-state index contributed by atoms with van der Waals surface area (Å²) in [5, 5.41) is 45.5. The van der Waals surface area contributed by atoms with Crippen molar-refractivity contribution >= 4 is 17.5 Å². The maximum atomic E-state index is 14.0. The summed E-state index contributed by atoms with van der Waals surface area (Å²) >= 11 is 0. The number of rotatable bonds is 23. The summed E-state index contributed by atoms with van der Waals surface area (Å²) in [6.07, 6.45) is 7.64. The Labute approximate surface area is 369 Å². The van der Waals surface area contributed by atoms with Crippen molar-refractivity contribution in [1.82, 2.24) is 4.90 Å². The normalized spacial score (nSPS) is 22.9. The molecule has 6 rings (SSSR count). The van der Waals surface area contributed by atoms with Gasteiger partial charge in [0.15, 0.2) is 0 Å². The second-order valence-corrected chi connectivity index (χ2v) is 16.3. The molecule has 1 aliphatic heterocycles. The minimum Gasteiger partial charge on any atom is -0.459 e. The minimum absolute atomic E-state index is 0.00103. The zero-order chi connectivity index (χ0) is 44.9. The zero-order valence-corrected chi connectivity index (χ0v) is 36.5. The van der Waals surface area contributed by atoms with E-state index in [0.29, 0.717) is 41.4 Å². The maximum absolute atomic E-state index is 14.0. The topological polar surface area (TPSA) is 192 Å². The van der Waals surface area contributed by atoms with Crippen LogP contribution in [0.3, 0.4) is 0 Å². The van der Waals surface area contributed by atoms with E-state index in [1.54, 1.807) is 18.2 Å². The Morgan fingerprint density at radius 2 is 1.70 bits per heavy atom. The smallest absolute Gasteiger partial charge is 0.410 e. The fraction of sp³-hybridized carbons (Fsp3) is 0.500. The van der Waals surface area contributed by atoms with Gasteiger partial charge in [-0.1, -0.05) is 36.2 Å². The number of nitro groups is 1. The molecular weight excluding hydrogens is 811 g/mol. The van der Waals surface area contributed by atoms with E-state index < -0.39 is 28.8 Å². The molecule has 0 aromatic heterocycles. The van der Waals surface area contributed by atoms with Crippen molar-refractivity contribution in [3.63, 3.8) is 0 Å². The largest absolute Gasteiger partial charge is 0.459 e. The molecule has 3 aromatic carbocycles. The molecule has 63 heavy (non-hydrogen) atoms. The van der Waals surface area contributed by atoms with Gasteiger partial charge in [-0.15, -0.1) is 6.58 Å². The van der Waals surface area contributed by atoms with E-state index in [-0.39, 0.29) is 82.7 Å². The Kier molecular flexibility index (Phi) is 16.7. The number of fused-ring (bicyclic) bond motifs is 2. The Morgan fingerprint density at radius 1 is 0.968 bits per heavy atom. The Hall–Kier alpha value is -5.32. The second-order valence-electron chi connectivity index (χ2n) is 16.3. The van der Waals surface area contributed by atoms with Crippen molar-refractivity contribution in [3.05, 3.63) is 117 Å². The third kappa shape index (κ3) is 10.9. The maximum Gasteiger partial charge on any atom is 0.410 e. The molecule has 6 atom stereocenters. The van der Waals surface area contributed by atoms with Gasteiger partial charge in [0.05, 0.1) is 50.1 Å². The molecule has 1 fully saturated rings. The number of ether oxygens (including phenoxy) is 5. The number of nitrogens with zero attached hydrogens (tertiary/aromatic N) is 3. The number of hydrogen-bond acceptors (Lipinski definition) is 13. The lowest BCUT2D eigenvalue weighted by molar-refractivity contribution is -0.384. The van der Waals surface area contributed by atoms with Crippen molar-refractivity contribution in [1.29, 1.82) is 0 Å². The average molecular weight is 872 g/mol. The Balaban J connectivity index is 1.56. The number of amides is 1. The summed E-state index contributed by atoms with van der Waals surface area (Å²) in [5.74, 6) is -0.549.